The van der Waals surface area contributed by atoms with Crippen LogP contribution in [0.25, 0.3) is 90.9 Å². The molecule has 0 unspecified atom stereocenters. The van der Waals surface area contributed by atoms with Gasteiger partial charge in [-0.1, -0.05) is 74.5 Å². The van der Waals surface area contributed by atoms with Crippen LogP contribution in [0.15, 0.2) is 121 Å². The van der Waals surface area contributed by atoms with Crippen LogP contribution in [0.2, 0.25) is 0 Å². The van der Waals surface area contributed by atoms with E-state index in [-0.39, 0.29) is 5.41 Å². The van der Waals surface area contributed by atoms with Gasteiger partial charge in [-0.2, -0.15) is 0 Å². The molecule has 0 spiro atoms. The zero-order chi connectivity index (χ0) is 42.4. The molecule has 0 aliphatic carbocycles. The summed E-state index contributed by atoms with van der Waals surface area (Å²) in [6, 6.07) is 41.3. The SMILES string of the molecule is COc1ccc(-c2c3nc(c(-c4ccc(OC)cc4)c4ccc([nH]4)c(-c4ccc(C5OCC(C)(C)CO5)cc4)c4nc(c(-c5ccc(OC)cc5)c5ccc2[nH]5)C=C4)C=C3)cc1. The molecule has 0 atom stereocenters. The van der Waals surface area contributed by atoms with Crippen LogP contribution in [-0.4, -0.2) is 54.5 Å². The summed E-state index contributed by atoms with van der Waals surface area (Å²) < 4.78 is 29.0. The highest BCUT2D eigenvalue weighted by Gasteiger charge is 2.29. The summed E-state index contributed by atoms with van der Waals surface area (Å²) in [7, 11) is 5.04. The first-order valence-electron chi connectivity index (χ1n) is 20.7. The molecule has 1 fully saturated rings. The molecule has 4 aromatic carbocycles. The molecule has 3 aliphatic rings. The zero-order valence-corrected chi connectivity index (χ0v) is 35.3. The maximum Gasteiger partial charge on any atom is 0.183 e. The first-order valence-corrected chi connectivity index (χ1v) is 20.7. The molecular weight excluding hydrogens is 773 g/mol. The summed E-state index contributed by atoms with van der Waals surface area (Å²) in [4.78, 5) is 18.5. The molecule has 9 heteroatoms. The number of methoxy groups -OCH3 is 3. The lowest BCUT2D eigenvalue weighted by molar-refractivity contribution is -0.226. The summed E-state index contributed by atoms with van der Waals surface area (Å²) in [5.41, 5.74) is 15.7. The number of aromatic nitrogens is 4. The molecular formula is C53H46N4O5. The van der Waals surface area contributed by atoms with Gasteiger partial charge >= 0.3 is 0 Å². The van der Waals surface area contributed by atoms with Gasteiger partial charge in [0.25, 0.3) is 0 Å². The van der Waals surface area contributed by atoms with E-state index in [1.807, 2.05) is 36.4 Å². The van der Waals surface area contributed by atoms with E-state index in [9.17, 15) is 0 Å². The van der Waals surface area contributed by atoms with Crippen LogP contribution in [0.1, 0.15) is 48.5 Å². The fraction of sp³-hybridized carbons (Fsp3) is 0.170. The number of benzene rings is 4. The van der Waals surface area contributed by atoms with Crippen LogP contribution >= 0.6 is 0 Å². The number of nitrogens with zero attached hydrogens (tertiary/aromatic N) is 2. The van der Waals surface area contributed by atoms with Crippen molar-refractivity contribution in [1.82, 2.24) is 19.9 Å². The second kappa shape index (κ2) is 16.0. The van der Waals surface area contributed by atoms with Crippen molar-refractivity contribution in [2.24, 2.45) is 5.41 Å². The smallest absolute Gasteiger partial charge is 0.183 e. The van der Waals surface area contributed by atoms with Gasteiger partial charge in [-0.05, 0) is 107 Å². The monoisotopic (exact) mass is 818 g/mol. The lowest BCUT2D eigenvalue weighted by Gasteiger charge is -2.34. The van der Waals surface area contributed by atoms with Crippen LogP contribution in [0.3, 0.4) is 0 Å². The van der Waals surface area contributed by atoms with Crippen LogP contribution < -0.4 is 14.2 Å². The maximum absolute atomic E-state index is 6.16. The Hall–Kier alpha value is -7.20. The number of nitrogens with one attached hydrogen (secondary N) is 2. The van der Waals surface area contributed by atoms with Gasteiger partial charge in [0.1, 0.15) is 17.2 Å². The van der Waals surface area contributed by atoms with Gasteiger partial charge in [0.05, 0.1) is 57.3 Å². The van der Waals surface area contributed by atoms with Crippen molar-refractivity contribution in [2.75, 3.05) is 34.5 Å². The third-order valence-electron chi connectivity index (χ3n) is 11.6. The van der Waals surface area contributed by atoms with Gasteiger partial charge in [-0.15, -0.1) is 0 Å². The number of aromatic amines is 2. The predicted molar refractivity (Wildman–Crippen MR) is 249 cm³/mol. The Morgan fingerprint density at radius 3 is 1.02 bits per heavy atom. The lowest BCUT2D eigenvalue weighted by Crippen LogP contribution is -2.33. The Labute approximate surface area is 360 Å². The van der Waals surface area contributed by atoms with Crippen molar-refractivity contribution in [3.63, 3.8) is 0 Å². The summed E-state index contributed by atoms with van der Waals surface area (Å²) >= 11 is 0. The summed E-state index contributed by atoms with van der Waals surface area (Å²) in [5.74, 6) is 2.33. The van der Waals surface area contributed by atoms with Gasteiger partial charge in [0.2, 0.25) is 0 Å². The molecule has 0 saturated carbocycles. The number of hydrogen-bond acceptors (Lipinski definition) is 7. The Morgan fingerprint density at radius 1 is 0.435 bits per heavy atom. The van der Waals surface area contributed by atoms with Gasteiger partial charge in [-0.3, -0.25) is 0 Å². The van der Waals surface area contributed by atoms with E-state index in [0.717, 1.165) is 112 Å². The fourth-order valence-corrected chi connectivity index (χ4v) is 8.39. The molecule has 62 heavy (non-hydrogen) atoms. The third-order valence-corrected chi connectivity index (χ3v) is 11.6. The van der Waals surface area contributed by atoms with Gasteiger partial charge < -0.3 is 33.7 Å². The molecule has 0 amide bonds. The molecule has 3 aliphatic heterocycles. The van der Waals surface area contributed by atoms with E-state index in [1.54, 1.807) is 21.3 Å². The van der Waals surface area contributed by atoms with E-state index in [0.29, 0.717) is 13.2 Å². The average molecular weight is 819 g/mol. The van der Waals surface area contributed by atoms with Crippen molar-refractivity contribution < 1.29 is 23.7 Å². The molecule has 6 heterocycles. The van der Waals surface area contributed by atoms with E-state index in [4.69, 9.17) is 33.7 Å². The van der Waals surface area contributed by atoms with Crippen molar-refractivity contribution >= 4 is 46.4 Å². The number of H-pyrrole nitrogens is 2. The highest BCUT2D eigenvalue weighted by Crippen LogP contribution is 2.40. The second-order valence-electron chi connectivity index (χ2n) is 16.4. The quantitative estimate of drug-likeness (QED) is 0.157. The minimum Gasteiger partial charge on any atom is -0.497 e. The van der Waals surface area contributed by atoms with E-state index < -0.39 is 6.29 Å². The first kappa shape index (κ1) is 39.0. The van der Waals surface area contributed by atoms with Crippen LogP contribution in [0.4, 0.5) is 0 Å². The number of rotatable bonds is 8. The molecule has 1 saturated heterocycles. The normalized spacial score (nSPS) is 14.5. The molecule has 3 aromatic heterocycles. The number of ether oxygens (including phenoxy) is 5. The van der Waals surface area contributed by atoms with Crippen molar-refractivity contribution in [1.29, 1.82) is 0 Å². The summed E-state index contributed by atoms with van der Waals surface area (Å²) in [5, 5.41) is 0. The molecule has 8 bridgehead atoms. The topological polar surface area (TPSA) is 104 Å². The molecule has 2 N–H and O–H groups in total. The van der Waals surface area contributed by atoms with Crippen LogP contribution in [-0.2, 0) is 9.47 Å². The summed E-state index contributed by atoms with van der Waals surface area (Å²) in [6.45, 7) is 5.57. The van der Waals surface area contributed by atoms with Gasteiger partial charge in [0, 0.05) is 55.3 Å². The van der Waals surface area contributed by atoms with Gasteiger partial charge in [0.15, 0.2) is 6.29 Å². The fourth-order valence-electron chi connectivity index (χ4n) is 8.39. The molecule has 10 rings (SSSR count). The summed E-state index contributed by atoms with van der Waals surface area (Å²) in [6.07, 6.45) is 7.98. The molecule has 0 radical (unpaired) electrons. The third kappa shape index (κ3) is 7.35. The Kier molecular flexibility index (Phi) is 10.1. The highest BCUT2D eigenvalue weighted by atomic mass is 16.7. The Balaban J connectivity index is 1.28. The largest absolute Gasteiger partial charge is 0.497 e. The Bertz CT molecular complexity index is 2980. The average Bonchev–Trinajstić information content (AvgIpc) is 4.16. The highest BCUT2D eigenvalue weighted by molar-refractivity contribution is 5.99. The van der Waals surface area contributed by atoms with Crippen molar-refractivity contribution in [2.45, 2.75) is 20.1 Å². The van der Waals surface area contributed by atoms with E-state index >= 15 is 0 Å². The molecule has 308 valence electrons. The predicted octanol–water partition coefficient (Wildman–Crippen LogP) is 12.4. The Morgan fingerprint density at radius 2 is 0.726 bits per heavy atom. The van der Waals surface area contributed by atoms with E-state index in [1.165, 1.54) is 0 Å². The molecule has 7 aromatic rings. The minimum absolute atomic E-state index is 0.0237. The van der Waals surface area contributed by atoms with Gasteiger partial charge in [-0.25, -0.2) is 9.97 Å². The van der Waals surface area contributed by atoms with Crippen molar-refractivity contribution in [3.8, 4) is 61.8 Å². The second-order valence-corrected chi connectivity index (χ2v) is 16.4. The first-order chi connectivity index (χ1) is 30.3. The number of hydrogen-bond donors (Lipinski definition) is 2. The standard InChI is InChI=1S/C53H46N4O5/c1-53(2)30-61-52(62-31-53)36-8-6-32(7-9-36)48-40-22-24-42(54-40)49(33-10-16-37(58-3)17-11-33)44-26-28-46(56-44)51(35-14-20-39(60-5)21-15-35)47-29-27-45(57-47)50(43-25-23-41(48)55-43)34-12-18-38(59-4)19-13-34/h6-29,52,54,57H,30-31H2,1-5H3. The van der Waals surface area contributed by atoms with Crippen molar-refractivity contribution in [3.05, 3.63) is 150 Å². The van der Waals surface area contributed by atoms with Crippen LogP contribution in [0.5, 0.6) is 17.2 Å². The zero-order valence-electron chi connectivity index (χ0n) is 35.3. The van der Waals surface area contributed by atoms with E-state index in [2.05, 4.69) is 133 Å². The van der Waals surface area contributed by atoms with Crippen LogP contribution in [0, 0.1) is 5.41 Å². The lowest BCUT2D eigenvalue weighted by atomic mass is 9.95. The minimum atomic E-state index is -0.418. The number of fused-ring (bicyclic) bond motifs is 8. The maximum atomic E-state index is 6.16. The molecule has 9 nitrogen and oxygen atoms in total.